The Morgan fingerprint density at radius 2 is 1.79 bits per heavy atom. The average Bonchev–Trinajstić information content (AvgIpc) is 2.76. The van der Waals surface area contributed by atoms with Gasteiger partial charge in [-0.2, -0.15) is 0 Å². The van der Waals surface area contributed by atoms with E-state index in [9.17, 15) is 18.4 Å². The van der Waals surface area contributed by atoms with Crippen molar-refractivity contribution in [2.75, 3.05) is 0 Å². The van der Waals surface area contributed by atoms with E-state index in [1.54, 1.807) is 24.3 Å². The molecule has 2 aromatic heterocycles. The van der Waals surface area contributed by atoms with Crippen LogP contribution in [0.3, 0.4) is 0 Å². The van der Waals surface area contributed by atoms with Gasteiger partial charge in [-0.1, -0.05) is 38.3 Å². The Hall–Kier alpha value is -3.09. The normalized spacial score (nSPS) is 20.6. The fourth-order valence-corrected chi connectivity index (χ4v) is 4.75. The van der Waals surface area contributed by atoms with E-state index < -0.39 is 17.5 Å². The lowest BCUT2D eigenvalue weighted by atomic mass is 9.80. The van der Waals surface area contributed by atoms with E-state index in [-0.39, 0.29) is 22.4 Å². The number of nitrogens with two attached hydrogens (primary N) is 1. The largest absolute Gasteiger partial charge is 0.364 e. The van der Waals surface area contributed by atoms with Crippen LogP contribution in [0, 0.1) is 17.6 Å². The van der Waals surface area contributed by atoms with Crippen molar-refractivity contribution in [2.45, 2.75) is 63.7 Å². The van der Waals surface area contributed by atoms with E-state index in [4.69, 9.17) is 5.73 Å². The van der Waals surface area contributed by atoms with E-state index in [0.29, 0.717) is 17.0 Å². The van der Waals surface area contributed by atoms with Crippen molar-refractivity contribution in [1.29, 1.82) is 0 Å². The fraction of sp³-hybridized carbons (Fsp3) is 0.423. The highest BCUT2D eigenvalue weighted by molar-refractivity contribution is 6.03. The number of carbonyl (C=O) groups is 1. The number of halogens is 2. The van der Waals surface area contributed by atoms with Gasteiger partial charge in [-0.15, -0.1) is 0 Å². The Balaban J connectivity index is 0.000000183. The van der Waals surface area contributed by atoms with Gasteiger partial charge in [0, 0.05) is 18.0 Å². The second-order valence-electron chi connectivity index (χ2n) is 9.26. The minimum absolute atomic E-state index is 0.0394. The third-order valence-corrected chi connectivity index (χ3v) is 6.98. The van der Waals surface area contributed by atoms with Crippen LogP contribution in [0.4, 0.5) is 8.78 Å². The maximum absolute atomic E-state index is 13.1. The number of benzene rings is 1. The number of hydrogen-bond donors (Lipinski definition) is 2. The van der Waals surface area contributed by atoms with Crippen molar-refractivity contribution in [1.82, 2.24) is 9.97 Å². The highest BCUT2D eigenvalue weighted by Crippen LogP contribution is 2.38. The molecule has 3 aromatic rings. The van der Waals surface area contributed by atoms with Crippen LogP contribution in [-0.2, 0) is 0 Å². The van der Waals surface area contributed by atoms with Crippen LogP contribution in [-0.4, -0.2) is 15.9 Å². The van der Waals surface area contributed by atoms with Crippen molar-refractivity contribution in [3.05, 3.63) is 75.3 Å². The van der Waals surface area contributed by atoms with Crippen molar-refractivity contribution in [3.63, 3.8) is 0 Å². The molecule has 7 heteroatoms. The molecule has 0 bridgehead atoms. The number of primary amides is 1. The first-order valence-corrected chi connectivity index (χ1v) is 11.6. The molecule has 0 radical (unpaired) electrons. The number of carbonyl (C=O) groups excluding carboxylic acids is 1. The number of rotatable bonds is 3. The van der Waals surface area contributed by atoms with Crippen molar-refractivity contribution >= 4 is 16.8 Å². The summed E-state index contributed by atoms with van der Waals surface area (Å²) in [6.07, 6.45) is 9.21. The van der Waals surface area contributed by atoms with Gasteiger partial charge in [-0.3, -0.25) is 14.6 Å². The summed E-state index contributed by atoms with van der Waals surface area (Å²) < 4.78 is 25.8. The summed E-state index contributed by atoms with van der Waals surface area (Å²) >= 11 is 0. The first-order valence-electron chi connectivity index (χ1n) is 11.6. The summed E-state index contributed by atoms with van der Waals surface area (Å²) in [5, 5.41) is 0.290. The van der Waals surface area contributed by atoms with Crippen LogP contribution in [0.5, 0.6) is 0 Å². The molecule has 0 saturated heterocycles. The van der Waals surface area contributed by atoms with E-state index in [2.05, 4.69) is 16.9 Å². The third kappa shape index (κ3) is 4.97. The van der Waals surface area contributed by atoms with E-state index in [0.717, 1.165) is 49.8 Å². The average molecular weight is 454 g/mol. The molecular weight excluding hydrogens is 424 g/mol. The Labute approximate surface area is 191 Å². The molecule has 174 valence electrons. The molecule has 2 heterocycles. The molecule has 5 rings (SSSR count). The highest BCUT2D eigenvalue weighted by atomic mass is 19.2. The fourth-order valence-electron chi connectivity index (χ4n) is 4.75. The number of aromatic amines is 1. The monoisotopic (exact) mass is 453 g/mol. The lowest BCUT2D eigenvalue weighted by Gasteiger charge is -2.26. The lowest BCUT2D eigenvalue weighted by Crippen LogP contribution is -2.19. The minimum Gasteiger partial charge on any atom is -0.364 e. The van der Waals surface area contributed by atoms with Crippen LogP contribution in [0.1, 0.15) is 85.5 Å². The van der Waals surface area contributed by atoms with Gasteiger partial charge in [0.15, 0.2) is 17.1 Å². The predicted octanol–water partition coefficient (Wildman–Crippen LogP) is 5.55. The Morgan fingerprint density at radius 1 is 1.06 bits per heavy atom. The molecule has 0 unspecified atom stereocenters. The molecule has 3 N–H and O–H groups in total. The van der Waals surface area contributed by atoms with Gasteiger partial charge in [-0.05, 0) is 61.1 Å². The number of aromatic nitrogens is 2. The topological polar surface area (TPSA) is 88.8 Å². The Bertz CT molecular complexity index is 1210. The summed E-state index contributed by atoms with van der Waals surface area (Å²) in [7, 11) is 0. The molecule has 2 fully saturated rings. The zero-order valence-corrected chi connectivity index (χ0v) is 18.7. The van der Waals surface area contributed by atoms with Crippen LogP contribution < -0.4 is 11.2 Å². The maximum atomic E-state index is 13.1. The quantitative estimate of drug-likeness (QED) is 0.545. The molecule has 33 heavy (non-hydrogen) atoms. The maximum Gasteiger partial charge on any atom is 0.268 e. The van der Waals surface area contributed by atoms with Gasteiger partial charge in [-0.25, -0.2) is 8.78 Å². The van der Waals surface area contributed by atoms with Gasteiger partial charge >= 0.3 is 0 Å². The summed E-state index contributed by atoms with van der Waals surface area (Å²) in [4.78, 5) is 31.0. The number of amides is 1. The SMILES string of the molecule is CC1CCC(c2cc(=O)c3c(C(N)=O)nccc3[nH]2)CC1.Fc1cccc(C2CCC2)c1F. The molecule has 1 amide bonds. The zero-order chi connectivity index (χ0) is 23.5. The van der Waals surface area contributed by atoms with Crippen molar-refractivity contribution in [2.24, 2.45) is 11.7 Å². The van der Waals surface area contributed by atoms with Crippen molar-refractivity contribution < 1.29 is 13.6 Å². The number of pyridine rings is 2. The van der Waals surface area contributed by atoms with Crippen LogP contribution in [0.2, 0.25) is 0 Å². The summed E-state index contributed by atoms with van der Waals surface area (Å²) in [5.74, 6) is -0.629. The van der Waals surface area contributed by atoms with E-state index in [1.807, 2.05) is 0 Å². The van der Waals surface area contributed by atoms with Gasteiger partial charge in [0.25, 0.3) is 5.91 Å². The first kappa shape index (κ1) is 23.1. The van der Waals surface area contributed by atoms with Gasteiger partial charge in [0.05, 0.1) is 10.9 Å². The van der Waals surface area contributed by atoms with Gasteiger partial charge < -0.3 is 10.7 Å². The molecule has 2 saturated carbocycles. The first-order chi connectivity index (χ1) is 15.8. The summed E-state index contributed by atoms with van der Waals surface area (Å²) in [6.45, 7) is 2.27. The standard InChI is InChI=1S/C16H19N3O2.C10H10F2/c1-9-2-4-10(5-3-9)12-8-13(20)14-11(19-12)6-7-18-15(14)16(17)21;11-9-6-2-5-8(10(9)12)7-3-1-4-7/h6-10H,2-5H2,1H3,(H2,17,21)(H,19,20);2,5-7H,1,3-4H2. The number of H-pyrrole nitrogens is 1. The molecule has 0 atom stereocenters. The van der Waals surface area contributed by atoms with E-state index in [1.165, 1.54) is 19.0 Å². The molecule has 0 spiro atoms. The van der Waals surface area contributed by atoms with Gasteiger partial charge in [0.1, 0.15) is 5.69 Å². The molecule has 1 aromatic carbocycles. The lowest BCUT2D eigenvalue weighted by molar-refractivity contribution is 0.0997. The van der Waals surface area contributed by atoms with Gasteiger partial charge in [0.2, 0.25) is 0 Å². The molecular formula is C26H29F2N3O2. The number of hydrogen-bond acceptors (Lipinski definition) is 3. The number of fused-ring (bicyclic) bond motifs is 1. The summed E-state index contributed by atoms with van der Waals surface area (Å²) in [5.41, 5.74) is 7.30. The Morgan fingerprint density at radius 3 is 2.42 bits per heavy atom. The Kier molecular flexibility index (Phi) is 6.86. The molecule has 2 aliphatic rings. The smallest absolute Gasteiger partial charge is 0.268 e. The third-order valence-electron chi connectivity index (χ3n) is 6.98. The van der Waals surface area contributed by atoms with E-state index >= 15 is 0 Å². The number of nitrogens with one attached hydrogen (secondary N) is 1. The predicted molar refractivity (Wildman–Crippen MR) is 124 cm³/mol. The second kappa shape index (κ2) is 9.81. The summed E-state index contributed by atoms with van der Waals surface area (Å²) in [6, 6.07) is 7.75. The van der Waals surface area contributed by atoms with Crippen molar-refractivity contribution in [3.8, 4) is 0 Å². The minimum atomic E-state index is -0.723. The van der Waals surface area contributed by atoms with Crippen LogP contribution in [0.25, 0.3) is 10.9 Å². The molecule has 2 aliphatic carbocycles. The molecule has 0 aliphatic heterocycles. The molecule has 5 nitrogen and oxygen atoms in total. The number of nitrogens with zero attached hydrogens (tertiary/aromatic N) is 1. The van der Waals surface area contributed by atoms with Crippen LogP contribution in [0.15, 0.2) is 41.3 Å². The van der Waals surface area contributed by atoms with Crippen LogP contribution >= 0.6 is 0 Å². The second-order valence-corrected chi connectivity index (χ2v) is 9.26. The highest BCUT2D eigenvalue weighted by Gasteiger charge is 2.24. The zero-order valence-electron chi connectivity index (χ0n) is 18.7.